The number of unbranched alkanes of at least 4 members (excludes halogenated alkanes) is 5. The van der Waals surface area contributed by atoms with Crippen molar-refractivity contribution in [3.8, 4) is 0 Å². The van der Waals surface area contributed by atoms with Gasteiger partial charge in [-0.25, -0.2) is 4.98 Å². The average Bonchev–Trinajstić information content (AvgIpc) is 3.12. The number of oxazole rings is 1. The maximum atomic E-state index is 12.1. The van der Waals surface area contributed by atoms with Gasteiger partial charge in [-0.2, -0.15) is 0 Å². The molecular formula is C20H29N3O2. The van der Waals surface area contributed by atoms with Gasteiger partial charge in [-0.15, -0.1) is 0 Å². The number of aromatic nitrogens is 1. The smallest absolute Gasteiger partial charge is 0.273 e. The summed E-state index contributed by atoms with van der Waals surface area (Å²) in [5.41, 5.74) is 7.54. The molecule has 1 aromatic carbocycles. The molecule has 2 aromatic rings. The largest absolute Gasteiger partial charge is 0.446 e. The van der Waals surface area contributed by atoms with Crippen LogP contribution in [0.15, 0.2) is 41.0 Å². The van der Waals surface area contributed by atoms with Crippen LogP contribution in [-0.2, 0) is 6.42 Å². The summed E-state index contributed by atoms with van der Waals surface area (Å²) in [7, 11) is 0. The molecule has 0 aliphatic carbocycles. The molecule has 3 N–H and O–H groups in total. The van der Waals surface area contributed by atoms with Crippen molar-refractivity contribution in [3.05, 3.63) is 53.7 Å². The van der Waals surface area contributed by atoms with Crippen LogP contribution in [0, 0.1) is 0 Å². The Balaban J connectivity index is 1.73. The van der Waals surface area contributed by atoms with Crippen LogP contribution in [0.2, 0.25) is 0 Å². The van der Waals surface area contributed by atoms with Gasteiger partial charge in [-0.3, -0.25) is 4.79 Å². The van der Waals surface area contributed by atoms with Crippen LogP contribution >= 0.6 is 0 Å². The quantitative estimate of drug-likeness (QED) is 0.604. The van der Waals surface area contributed by atoms with Crippen LogP contribution in [0.1, 0.15) is 73.4 Å². The Bertz CT molecular complexity index is 625. The molecule has 1 aromatic heterocycles. The van der Waals surface area contributed by atoms with Crippen LogP contribution in [-0.4, -0.2) is 17.4 Å². The monoisotopic (exact) mass is 343 g/mol. The number of benzene rings is 1. The van der Waals surface area contributed by atoms with Crippen molar-refractivity contribution in [2.24, 2.45) is 5.73 Å². The highest BCUT2D eigenvalue weighted by molar-refractivity contribution is 5.91. The van der Waals surface area contributed by atoms with Crippen LogP contribution in [0.25, 0.3) is 0 Å². The molecule has 5 nitrogen and oxygen atoms in total. The molecule has 1 amide bonds. The number of carbonyl (C=O) groups excluding carboxylic acids is 1. The molecule has 0 fully saturated rings. The second-order valence-corrected chi connectivity index (χ2v) is 6.39. The number of hydrogen-bond acceptors (Lipinski definition) is 4. The normalized spacial score (nSPS) is 12.1. The van der Waals surface area contributed by atoms with Crippen molar-refractivity contribution in [2.45, 2.75) is 57.9 Å². The Labute approximate surface area is 150 Å². The summed E-state index contributed by atoms with van der Waals surface area (Å²) in [5, 5.41) is 2.89. The molecule has 0 bridgehead atoms. The minimum Gasteiger partial charge on any atom is -0.446 e. The molecule has 25 heavy (non-hydrogen) atoms. The first-order valence-electron chi connectivity index (χ1n) is 9.23. The predicted octanol–water partition coefficient (Wildman–Crippen LogP) is 4.01. The van der Waals surface area contributed by atoms with E-state index in [4.69, 9.17) is 10.2 Å². The summed E-state index contributed by atoms with van der Waals surface area (Å²) in [6.07, 6.45) is 9.19. The summed E-state index contributed by atoms with van der Waals surface area (Å²) in [6, 6.07) is 9.57. The second-order valence-electron chi connectivity index (χ2n) is 6.39. The zero-order valence-electron chi connectivity index (χ0n) is 15.0. The molecule has 0 aliphatic rings. The predicted molar refractivity (Wildman–Crippen MR) is 99.3 cm³/mol. The lowest BCUT2D eigenvalue weighted by atomic mass is 10.1. The van der Waals surface area contributed by atoms with E-state index in [2.05, 4.69) is 17.2 Å². The lowest BCUT2D eigenvalue weighted by Gasteiger charge is -2.07. The van der Waals surface area contributed by atoms with Gasteiger partial charge < -0.3 is 15.5 Å². The fraction of sp³-hybridized carbons (Fsp3) is 0.500. The first-order chi connectivity index (χ1) is 12.2. The third-order valence-corrected chi connectivity index (χ3v) is 4.19. The maximum absolute atomic E-state index is 12.1. The number of amides is 1. The van der Waals surface area contributed by atoms with Crippen LogP contribution in [0.5, 0.6) is 0 Å². The lowest BCUT2D eigenvalue weighted by Crippen LogP contribution is -2.25. The number of nitrogens with zero attached hydrogens (tertiary/aromatic N) is 1. The van der Waals surface area contributed by atoms with Gasteiger partial charge in [0.2, 0.25) is 5.89 Å². The van der Waals surface area contributed by atoms with Crippen LogP contribution < -0.4 is 11.1 Å². The maximum Gasteiger partial charge on any atom is 0.273 e. The van der Waals surface area contributed by atoms with Crippen molar-refractivity contribution in [3.63, 3.8) is 0 Å². The van der Waals surface area contributed by atoms with E-state index >= 15 is 0 Å². The Hall–Kier alpha value is -2.14. The topological polar surface area (TPSA) is 81.2 Å². The molecular weight excluding hydrogens is 314 g/mol. The highest BCUT2D eigenvalue weighted by Gasteiger charge is 2.17. The number of hydrogen-bond donors (Lipinski definition) is 2. The summed E-state index contributed by atoms with van der Waals surface area (Å²) in [5.74, 6) is 0.198. The number of nitrogens with one attached hydrogen (secondary N) is 1. The van der Waals surface area contributed by atoms with E-state index in [1.54, 1.807) is 0 Å². The van der Waals surface area contributed by atoms with E-state index in [-0.39, 0.29) is 11.9 Å². The van der Waals surface area contributed by atoms with Gasteiger partial charge in [-0.1, -0.05) is 69.4 Å². The van der Waals surface area contributed by atoms with E-state index in [0.29, 0.717) is 24.6 Å². The SMILES string of the molecule is CCCCCCCCNC(=O)c1coc(C(N)Cc2ccccc2)n1. The van der Waals surface area contributed by atoms with Gasteiger partial charge >= 0.3 is 0 Å². The third kappa shape index (κ3) is 6.70. The fourth-order valence-corrected chi connectivity index (χ4v) is 2.72. The molecule has 1 atom stereocenters. The highest BCUT2D eigenvalue weighted by atomic mass is 16.3. The molecule has 1 unspecified atom stereocenters. The van der Waals surface area contributed by atoms with Crippen molar-refractivity contribution in [1.82, 2.24) is 10.3 Å². The van der Waals surface area contributed by atoms with Gasteiger partial charge in [0.1, 0.15) is 6.26 Å². The standard InChI is InChI=1S/C20H29N3O2/c1-2-3-4-5-6-10-13-22-19(24)18-15-25-20(23-18)17(21)14-16-11-8-7-9-12-16/h7-9,11-12,15,17H,2-6,10,13-14,21H2,1H3,(H,22,24). The average molecular weight is 343 g/mol. The Kier molecular flexibility index (Phi) is 8.19. The van der Waals surface area contributed by atoms with Crippen molar-refractivity contribution >= 4 is 5.91 Å². The van der Waals surface area contributed by atoms with Gasteiger partial charge in [-0.05, 0) is 18.4 Å². The molecule has 0 saturated carbocycles. The summed E-state index contributed by atoms with van der Waals surface area (Å²) in [4.78, 5) is 16.3. The molecule has 5 heteroatoms. The van der Waals surface area contributed by atoms with Gasteiger partial charge in [0.25, 0.3) is 5.91 Å². The van der Waals surface area contributed by atoms with Crippen LogP contribution in [0.3, 0.4) is 0 Å². The number of carbonyl (C=O) groups is 1. The number of rotatable bonds is 11. The van der Waals surface area contributed by atoms with Gasteiger partial charge in [0, 0.05) is 6.54 Å². The molecule has 0 aliphatic heterocycles. The number of nitrogens with two attached hydrogens (primary N) is 1. The van der Waals surface area contributed by atoms with E-state index in [9.17, 15) is 4.79 Å². The zero-order chi connectivity index (χ0) is 17.9. The van der Waals surface area contributed by atoms with Gasteiger partial charge in [0.15, 0.2) is 5.69 Å². The third-order valence-electron chi connectivity index (χ3n) is 4.19. The minimum absolute atomic E-state index is 0.199. The highest BCUT2D eigenvalue weighted by Crippen LogP contribution is 2.15. The minimum atomic E-state index is -0.359. The Morgan fingerprint density at radius 3 is 2.64 bits per heavy atom. The van der Waals surface area contributed by atoms with Crippen molar-refractivity contribution in [1.29, 1.82) is 0 Å². The lowest BCUT2D eigenvalue weighted by molar-refractivity contribution is 0.0948. The summed E-state index contributed by atoms with van der Waals surface area (Å²) in [6.45, 7) is 2.88. The summed E-state index contributed by atoms with van der Waals surface area (Å²) < 4.78 is 5.39. The molecule has 1 heterocycles. The van der Waals surface area contributed by atoms with E-state index < -0.39 is 0 Å². The van der Waals surface area contributed by atoms with Gasteiger partial charge in [0.05, 0.1) is 6.04 Å². The fourth-order valence-electron chi connectivity index (χ4n) is 2.72. The molecule has 0 saturated heterocycles. The van der Waals surface area contributed by atoms with Crippen LogP contribution in [0.4, 0.5) is 0 Å². The molecule has 0 spiro atoms. The first-order valence-corrected chi connectivity index (χ1v) is 9.23. The van der Waals surface area contributed by atoms with Crippen molar-refractivity contribution < 1.29 is 9.21 Å². The first kappa shape index (κ1) is 19.2. The molecule has 136 valence electrons. The molecule has 2 rings (SSSR count). The summed E-state index contributed by atoms with van der Waals surface area (Å²) >= 11 is 0. The Morgan fingerprint density at radius 2 is 1.88 bits per heavy atom. The zero-order valence-corrected chi connectivity index (χ0v) is 15.0. The van der Waals surface area contributed by atoms with E-state index in [0.717, 1.165) is 18.4 Å². The van der Waals surface area contributed by atoms with Crippen molar-refractivity contribution in [2.75, 3.05) is 6.54 Å². The van der Waals surface area contributed by atoms with E-state index in [1.807, 2.05) is 30.3 Å². The Morgan fingerprint density at radius 1 is 1.16 bits per heavy atom. The molecule has 0 radical (unpaired) electrons. The van der Waals surface area contributed by atoms with E-state index in [1.165, 1.54) is 31.9 Å². The second kappa shape index (κ2) is 10.7.